The van der Waals surface area contributed by atoms with Crippen LogP contribution in [-0.2, 0) is 10.0 Å². The van der Waals surface area contributed by atoms with Crippen molar-refractivity contribution in [1.82, 2.24) is 4.31 Å². The summed E-state index contributed by atoms with van der Waals surface area (Å²) in [6, 6.07) is 11.6. The highest BCUT2D eigenvalue weighted by Gasteiger charge is 2.29. The average molecular weight is 432 g/mol. The van der Waals surface area contributed by atoms with Gasteiger partial charge in [0.1, 0.15) is 11.4 Å². The molecule has 2 heterocycles. The minimum absolute atomic E-state index is 0.0333. The Morgan fingerprint density at radius 3 is 2.53 bits per heavy atom. The Kier molecular flexibility index (Phi) is 5.92. The molecule has 0 aromatic heterocycles. The Hall–Kier alpha value is -2.65. The van der Waals surface area contributed by atoms with E-state index in [1.807, 2.05) is 24.3 Å². The third-order valence-electron chi connectivity index (χ3n) is 5.66. The molecule has 4 rings (SSSR count). The molecule has 0 saturated carbocycles. The van der Waals surface area contributed by atoms with E-state index in [1.54, 1.807) is 0 Å². The number of nitro groups is 1. The molecule has 2 aliphatic heterocycles. The largest absolute Gasteiger partial charge is 0.493 e. The van der Waals surface area contributed by atoms with Crippen LogP contribution in [0.15, 0.2) is 47.4 Å². The minimum atomic E-state index is -3.76. The zero-order valence-electron chi connectivity index (χ0n) is 16.6. The van der Waals surface area contributed by atoms with Crippen LogP contribution in [0, 0.1) is 10.1 Å². The summed E-state index contributed by atoms with van der Waals surface area (Å²) in [4.78, 5) is 11.2. The quantitative estimate of drug-likeness (QED) is 0.565. The predicted octanol–water partition coefficient (Wildman–Crippen LogP) is 4.10. The predicted molar refractivity (Wildman–Crippen MR) is 113 cm³/mol. The van der Waals surface area contributed by atoms with Gasteiger partial charge in [-0.25, -0.2) is 8.42 Å². The summed E-state index contributed by atoms with van der Waals surface area (Å²) in [6.45, 7) is 1.41. The van der Waals surface area contributed by atoms with E-state index in [2.05, 4.69) is 5.32 Å². The van der Waals surface area contributed by atoms with Gasteiger partial charge in [0, 0.05) is 31.1 Å². The minimum Gasteiger partial charge on any atom is -0.493 e. The molecule has 160 valence electrons. The summed E-state index contributed by atoms with van der Waals surface area (Å²) in [5.74, 6) is 0.754. The first kappa shape index (κ1) is 20.6. The maximum Gasteiger partial charge on any atom is 0.293 e. The van der Waals surface area contributed by atoms with Crippen LogP contribution < -0.4 is 10.1 Å². The molecule has 1 saturated heterocycles. The lowest BCUT2D eigenvalue weighted by Gasteiger charge is -2.27. The van der Waals surface area contributed by atoms with Gasteiger partial charge in [-0.2, -0.15) is 4.31 Å². The molecule has 1 fully saturated rings. The molecule has 2 aliphatic rings. The standard InChI is InChI=1S/C21H25N3O5S/c25-24(26)20-15-16(30(27,28)23-12-5-1-2-6-13-23)9-10-19(20)22-18-11-14-29-21-8-4-3-7-17(18)21/h3-4,7-10,15,18,22H,1-2,5-6,11-14H2. The zero-order chi connectivity index (χ0) is 21.1. The van der Waals surface area contributed by atoms with Crippen LogP contribution >= 0.6 is 0 Å². The Bertz CT molecular complexity index is 1030. The van der Waals surface area contributed by atoms with Gasteiger partial charge in [-0.3, -0.25) is 10.1 Å². The topological polar surface area (TPSA) is 102 Å². The van der Waals surface area contributed by atoms with Crippen LogP contribution in [-0.4, -0.2) is 37.3 Å². The Morgan fingerprint density at radius 1 is 1.07 bits per heavy atom. The van der Waals surface area contributed by atoms with E-state index in [-0.39, 0.29) is 16.6 Å². The van der Waals surface area contributed by atoms with Crippen molar-refractivity contribution in [2.45, 2.75) is 43.0 Å². The van der Waals surface area contributed by atoms with Gasteiger partial charge in [0.15, 0.2) is 0 Å². The lowest BCUT2D eigenvalue weighted by atomic mass is 10.00. The van der Waals surface area contributed by atoms with Crippen LogP contribution in [0.1, 0.15) is 43.7 Å². The molecule has 8 nitrogen and oxygen atoms in total. The normalized spacial score (nSPS) is 19.9. The third kappa shape index (κ3) is 4.13. The fourth-order valence-electron chi connectivity index (χ4n) is 4.06. The fraction of sp³-hybridized carbons (Fsp3) is 0.429. The number of nitrogens with one attached hydrogen (secondary N) is 1. The van der Waals surface area contributed by atoms with Crippen molar-refractivity contribution in [1.29, 1.82) is 0 Å². The molecule has 9 heteroatoms. The van der Waals surface area contributed by atoms with E-state index in [9.17, 15) is 18.5 Å². The highest BCUT2D eigenvalue weighted by molar-refractivity contribution is 7.89. The zero-order valence-corrected chi connectivity index (χ0v) is 17.4. The fourth-order valence-corrected chi connectivity index (χ4v) is 5.59. The molecule has 0 amide bonds. The molecule has 2 aromatic carbocycles. The molecule has 30 heavy (non-hydrogen) atoms. The van der Waals surface area contributed by atoms with Crippen molar-refractivity contribution in [3.8, 4) is 5.75 Å². The first-order valence-corrected chi connectivity index (χ1v) is 11.7. The summed E-state index contributed by atoms with van der Waals surface area (Å²) in [5, 5.41) is 15.0. The number of benzene rings is 2. The molecule has 1 atom stereocenters. The number of hydrogen-bond acceptors (Lipinski definition) is 6. The van der Waals surface area contributed by atoms with Crippen molar-refractivity contribution in [2.24, 2.45) is 0 Å². The third-order valence-corrected chi connectivity index (χ3v) is 7.55. The molecule has 0 spiro atoms. The van der Waals surface area contributed by atoms with Gasteiger partial charge < -0.3 is 10.1 Å². The van der Waals surface area contributed by atoms with Gasteiger partial charge in [0.05, 0.1) is 22.5 Å². The number of nitro benzene ring substituents is 1. The average Bonchev–Trinajstić information content (AvgIpc) is 3.04. The van der Waals surface area contributed by atoms with E-state index in [1.165, 1.54) is 22.5 Å². The first-order chi connectivity index (χ1) is 14.5. The van der Waals surface area contributed by atoms with Gasteiger partial charge >= 0.3 is 0 Å². The number of para-hydroxylation sites is 1. The monoisotopic (exact) mass is 431 g/mol. The van der Waals surface area contributed by atoms with Crippen molar-refractivity contribution >= 4 is 21.4 Å². The molecule has 1 unspecified atom stereocenters. The lowest BCUT2D eigenvalue weighted by molar-refractivity contribution is -0.384. The maximum atomic E-state index is 13.0. The van der Waals surface area contributed by atoms with E-state index < -0.39 is 14.9 Å². The van der Waals surface area contributed by atoms with Gasteiger partial charge in [0.25, 0.3) is 5.69 Å². The van der Waals surface area contributed by atoms with E-state index in [4.69, 9.17) is 4.74 Å². The molecular formula is C21H25N3O5S. The molecule has 1 N–H and O–H groups in total. The summed E-state index contributed by atoms with van der Waals surface area (Å²) in [7, 11) is -3.76. The second-order valence-electron chi connectivity index (χ2n) is 7.63. The van der Waals surface area contributed by atoms with E-state index in [0.717, 1.165) is 37.0 Å². The highest BCUT2D eigenvalue weighted by atomic mass is 32.2. The van der Waals surface area contributed by atoms with Crippen molar-refractivity contribution < 1.29 is 18.1 Å². The van der Waals surface area contributed by atoms with Crippen LogP contribution in [0.4, 0.5) is 11.4 Å². The van der Waals surface area contributed by atoms with E-state index >= 15 is 0 Å². The number of hydrogen-bond donors (Lipinski definition) is 1. The van der Waals surface area contributed by atoms with Crippen LogP contribution in [0.2, 0.25) is 0 Å². The maximum absolute atomic E-state index is 13.0. The lowest BCUT2D eigenvalue weighted by Crippen LogP contribution is -2.32. The van der Waals surface area contributed by atoms with Gasteiger partial charge in [-0.15, -0.1) is 0 Å². The SMILES string of the molecule is O=[N+]([O-])c1cc(S(=O)(=O)N2CCCCCC2)ccc1NC1CCOc2ccccc21. The number of rotatable bonds is 5. The van der Waals surface area contributed by atoms with Crippen LogP contribution in [0.3, 0.4) is 0 Å². The number of nitrogens with zero attached hydrogens (tertiary/aromatic N) is 2. The summed E-state index contributed by atoms with van der Waals surface area (Å²) < 4.78 is 33.2. The second-order valence-corrected chi connectivity index (χ2v) is 9.56. The number of fused-ring (bicyclic) bond motifs is 1. The van der Waals surface area contributed by atoms with Crippen LogP contribution in [0.25, 0.3) is 0 Å². The Morgan fingerprint density at radius 2 is 1.80 bits per heavy atom. The molecule has 0 radical (unpaired) electrons. The number of anilines is 1. The number of sulfonamides is 1. The van der Waals surface area contributed by atoms with E-state index in [0.29, 0.717) is 31.8 Å². The summed E-state index contributed by atoms with van der Waals surface area (Å²) in [5.41, 5.74) is 0.991. The molecule has 2 aromatic rings. The van der Waals surface area contributed by atoms with Crippen molar-refractivity contribution in [3.63, 3.8) is 0 Å². The Balaban J connectivity index is 1.64. The van der Waals surface area contributed by atoms with Crippen molar-refractivity contribution in [3.05, 3.63) is 58.1 Å². The Labute approximate surface area is 176 Å². The van der Waals surface area contributed by atoms with Gasteiger partial charge in [-0.05, 0) is 31.0 Å². The summed E-state index contributed by atoms with van der Waals surface area (Å²) in [6.07, 6.45) is 4.28. The van der Waals surface area contributed by atoms with Crippen molar-refractivity contribution in [2.75, 3.05) is 25.0 Å². The summed E-state index contributed by atoms with van der Waals surface area (Å²) >= 11 is 0. The van der Waals surface area contributed by atoms with Gasteiger partial charge in [0.2, 0.25) is 10.0 Å². The van der Waals surface area contributed by atoms with Gasteiger partial charge in [-0.1, -0.05) is 31.0 Å². The second kappa shape index (κ2) is 8.61. The molecule has 0 aliphatic carbocycles. The molecular weight excluding hydrogens is 406 g/mol. The first-order valence-electron chi connectivity index (χ1n) is 10.2. The highest BCUT2D eigenvalue weighted by Crippen LogP contribution is 2.37. The molecule has 0 bridgehead atoms. The number of ether oxygens (including phenoxy) is 1. The van der Waals surface area contributed by atoms with Crippen LogP contribution in [0.5, 0.6) is 5.75 Å². The smallest absolute Gasteiger partial charge is 0.293 e.